The van der Waals surface area contributed by atoms with Crippen LogP contribution < -0.4 is 10.2 Å². The van der Waals surface area contributed by atoms with E-state index in [1.54, 1.807) is 29.7 Å². The number of piperidine rings is 1. The van der Waals surface area contributed by atoms with Crippen molar-refractivity contribution in [3.63, 3.8) is 0 Å². The summed E-state index contributed by atoms with van der Waals surface area (Å²) >= 11 is 0. The van der Waals surface area contributed by atoms with Crippen molar-refractivity contribution >= 4 is 15.7 Å². The summed E-state index contributed by atoms with van der Waals surface area (Å²) in [4.78, 5) is 14.5. The highest BCUT2D eigenvalue weighted by molar-refractivity contribution is 7.92. The van der Waals surface area contributed by atoms with E-state index >= 15 is 0 Å². The van der Waals surface area contributed by atoms with E-state index in [4.69, 9.17) is 4.74 Å². The summed E-state index contributed by atoms with van der Waals surface area (Å²) in [5, 5.41) is 9.19. The maximum absolute atomic E-state index is 13.2. The molecule has 0 radical (unpaired) electrons. The summed E-state index contributed by atoms with van der Waals surface area (Å²) in [7, 11) is -2.30. The van der Waals surface area contributed by atoms with Gasteiger partial charge in [-0.15, -0.1) is 0 Å². The SMILES string of the molecule is COc1ccc(CS(=O)(=O)C2(C(=O)NO)CCN(CC=C(C)C)CC2)cc1. The molecule has 1 heterocycles. The summed E-state index contributed by atoms with van der Waals surface area (Å²) < 4.78 is 29.8. The molecule has 2 rings (SSSR count). The van der Waals surface area contributed by atoms with Crippen molar-refractivity contribution in [3.05, 3.63) is 41.5 Å². The second kappa shape index (κ2) is 8.86. The van der Waals surface area contributed by atoms with Crippen molar-refractivity contribution < 1.29 is 23.2 Å². The average Bonchev–Trinajstić information content (AvgIpc) is 2.66. The quantitative estimate of drug-likeness (QED) is 0.415. The van der Waals surface area contributed by atoms with Gasteiger partial charge >= 0.3 is 0 Å². The molecule has 1 aromatic rings. The zero-order valence-electron chi connectivity index (χ0n) is 16.1. The maximum Gasteiger partial charge on any atom is 0.264 e. The molecule has 7 nitrogen and oxygen atoms in total. The molecule has 1 aliphatic heterocycles. The van der Waals surface area contributed by atoms with Gasteiger partial charge in [0.1, 0.15) is 5.75 Å². The first kappa shape index (κ1) is 21.4. The van der Waals surface area contributed by atoms with Crippen molar-refractivity contribution in [2.24, 2.45) is 0 Å². The Labute approximate surface area is 160 Å². The summed E-state index contributed by atoms with van der Waals surface area (Å²) in [6, 6.07) is 6.72. The van der Waals surface area contributed by atoms with Gasteiger partial charge in [-0.25, -0.2) is 13.9 Å². The molecule has 0 atom stereocenters. The summed E-state index contributed by atoms with van der Waals surface area (Å²) in [5.41, 5.74) is 3.35. The predicted octanol–water partition coefficient (Wildman–Crippen LogP) is 1.92. The van der Waals surface area contributed by atoms with Crippen LogP contribution >= 0.6 is 0 Å². The van der Waals surface area contributed by atoms with Crippen molar-refractivity contribution in [1.82, 2.24) is 10.4 Å². The lowest BCUT2D eigenvalue weighted by Crippen LogP contribution is -2.58. The Morgan fingerprint density at radius 1 is 1.26 bits per heavy atom. The molecule has 0 spiro atoms. The molecular formula is C19H28N2O5S. The van der Waals surface area contributed by atoms with E-state index in [-0.39, 0.29) is 18.6 Å². The molecule has 1 saturated heterocycles. The standard InChI is InChI=1S/C19H28N2O5S/c1-15(2)8-11-21-12-9-19(10-13-21,18(22)20-23)27(24,25)14-16-4-6-17(26-3)7-5-16/h4-8,23H,9-14H2,1-3H3,(H,20,22). The third kappa shape index (κ3) is 4.88. The van der Waals surface area contributed by atoms with Gasteiger partial charge in [-0.1, -0.05) is 23.8 Å². The van der Waals surface area contributed by atoms with Crippen molar-refractivity contribution in [2.45, 2.75) is 37.2 Å². The number of benzene rings is 1. The number of ether oxygens (including phenoxy) is 1. The van der Waals surface area contributed by atoms with Crippen molar-refractivity contribution in [2.75, 3.05) is 26.7 Å². The zero-order chi connectivity index (χ0) is 20.1. The number of hydrogen-bond acceptors (Lipinski definition) is 6. The van der Waals surface area contributed by atoms with E-state index in [1.165, 1.54) is 12.7 Å². The molecule has 1 aliphatic rings. The van der Waals surface area contributed by atoms with Crippen LogP contribution in [0.2, 0.25) is 0 Å². The number of allylic oxidation sites excluding steroid dienone is 1. The highest BCUT2D eigenvalue weighted by Gasteiger charge is 2.51. The van der Waals surface area contributed by atoms with Crippen molar-refractivity contribution in [1.29, 1.82) is 0 Å². The van der Waals surface area contributed by atoms with Gasteiger partial charge in [-0.05, 0) is 44.4 Å². The number of carbonyl (C=O) groups is 1. The number of amides is 1. The van der Waals surface area contributed by atoms with Crippen LogP contribution in [-0.4, -0.2) is 55.9 Å². The third-order valence-corrected chi connectivity index (χ3v) is 7.55. The number of carbonyl (C=O) groups excluding carboxylic acids is 1. The zero-order valence-corrected chi connectivity index (χ0v) is 16.9. The first-order valence-corrected chi connectivity index (χ1v) is 10.5. The molecule has 150 valence electrons. The summed E-state index contributed by atoms with van der Waals surface area (Å²) in [5.74, 6) is -0.484. The molecule has 1 amide bonds. The molecule has 1 fully saturated rings. The fraction of sp³-hybridized carbons (Fsp3) is 0.526. The second-order valence-corrected chi connectivity index (χ2v) is 9.42. The molecule has 0 aliphatic carbocycles. The van der Waals surface area contributed by atoms with Gasteiger partial charge < -0.3 is 4.74 Å². The van der Waals surface area contributed by atoms with Gasteiger partial charge in [0.25, 0.3) is 5.91 Å². The summed E-state index contributed by atoms with van der Waals surface area (Å²) in [6.07, 6.45) is 2.37. The van der Waals surface area contributed by atoms with E-state index in [2.05, 4.69) is 11.0 Å². The van der Waals surface area contributed by atoms with E-state index in [0.717, 1.165) is 6.54 Å². The Balaban J connectivity index is 2.22. The monoisotopic (exact) mass is 396 g/mol. The minimum Gasteiger partial charge on any atom is -0.497 e. The largest absolute Gasteiger partial charge is 0.497 e. The normalized spacial score (nSPS) is 17.2. The van der Waals surface area contributed by atoms with Crippen LogP contribution in [0.15, 0.2) is 35.9 Å². The molecular weight excluding hydrogens is 368 g/mol. The molecule has 0 aromatic heterocycles. The van der Waals surface area contributed by atoms with Crippen LogP contribution in [0.4, 0.5) is 0 Å². The Kier molecular flexibility index (Phi) is 7.02. The highest BCUT2D eigenvalue weighted by atomic mass is 32.2. The number of sulfone groups is 1. The molecule has 0 bridgehead atoms. The van der Waals surface area contributed by atoms with Gasteiger partial charge in [-0.3, -0.25) is 14.9 Å². The minimum atomic E-state index is -3.84. The fourth-order valence-corrected chi connectivity index (χ4v) is 5.31. The molecule has 0 saturated carbocycles. The number of hydroxylamine groups is 1. The van der Waals surface area contributed by atoms with E-state index in [1.807, 2.05) is 13.8 Å². The van der Waals surface area contributed by atoms with Gasteiger partial charge in [0.05, 0.1) is 12.9 Å². The minimum absolute atomic E-state index is 0.147. The van der Waals surface area contributed by atoms with Crippen LogP contribution in [0.25, 0.3) is 0 Å². The van der Waals surface area contributed by atoms with Gasteiger partial charge in [0.2, 0.25) is 0 Å². The molecule has 2 N–H and O–H groups in total. The van der Waals surface area contributed by atoms with E-state index in [0.29, 0.717) is 24.4 Å². The number of rotatable bonds is 7. The lowest BCUT2D eigenvalue weighted by molar-refractivity contribution is -0.133. The Hall–Kier alpha value is -1.90. The Morgan fingerprint density at radius 2 is 1.85 bits per heavy atom. The van der Waals surface area contributed by atoms with Crippen LogP contribution in [0.3, 0.4) is 0 Å². The van der Waals surface area contributed by atoms with E-state index in [9.17, 15) is 18.4 Å². The van der Waals surface area contributed by atoms with Gasteiger partial charge in [0, 0.05) is 19.6 Å². The Bertz CT molecular complexity index is 775. The number of nitrogens with one attached hydrogen (secondary N) is 1. The third-order valence-electron chi connectivity index (χ3n) is 5.05. The van der Waals surface area contributed by atoms with Gasteiger partial charge in [-0.2, -0.15) is 0 Å². The highest BCUT2D eigenvalue weighted by Crippen LogP contribution is 2.34. The van der Waals surface area contributed by atoms with E-state index < -0.39 is 20.5 Å². The molecule has 27 heavy (non-hydrogen) atoms. The average molecular weight is 397 g/mol. The predicted molar refractivity (Wildman–Crippen MR) is 103 cm³/mol. The first-order chi connectivity index (χ1) is 12.7. The van der Waals surface area contributed by atoms with Crippen LogP contribution in [0.1, 0.15) is 32.3 Å². The Morgan fingerprint density at radius 3 is 2.33 bits per heavy atom. The number of methoxy groups -OCH3 is 1. The van der Waals surface area contributed by atoms with Crippen LogP contribution in [0.5, 0.6) is 5.75 Å². The number of likely N-dealkylation sites (tertiary alicyclic amines) is 1. The summed E-state index contributed by atoms with van der Waals surface area (Å²) in [6.45, 7) is 5.68. The number of nitrogens with zero attached hydrogens (tertiary/aromatic N) is 1. The number of hydrogen-bond donors (Lipinski definition) is 2. The van der Waals surface area contributed by atoms with Crippen molar-refractivity contribution in [3.8, 4) is 5.75 Å². The lowest BCUT2D eigenvalue weighted by Gasteiger charge is -2.39. The van der Waals surface area contributed by atoms with Crippen LogP contribution in [-0.2, 0) is 20.4 Å². The van der Waals surface area contributed by atoms with Crippen LogP contribution in [0, 0.1) is 0 Å². The molecule has 0 unspecified atom stereocenters. The topological polar surface area (TPSA) is 95.9 Å². The first-order valence-electron chi connectivity index (χ1n) is 8.89. The lowest BCUT2D eigenvalue weighted by atomic mass is 9.95. The smallest absolute Gasteiger partial charge is 0.264 e. The molecule has 1 aromatic carbocycles. The molecule has 8 heteroatoms. The van der Waals surface area contributed by atoms with Gasteiger partial charge in [0.15, 0.2) is 14.6 Å². The fourth-order valence-electron chi connectivity index (χ4n) is 3.27. The maximum atomic E-state index is 13.2. The second-order valence-electron chi connectivity index (χ2n) is 7.12.